The van der Waals surface area contributed by atoms with E-state index in [0.717, 1.165) is 31.6 Å². The molecule has 1 aliphatic carbocycles. The first-order valence-corrected chi connectivity index (χ1v) is 7.71. The molecule has 0 atom stereocenters. The van der Waals surface area contributed by atoms with Gasteiger partial charge in [0.15, 0.2) is 0 Å². The van der Waals surface area contributed by atoms with Crippen LogP contribution in [-0.2, 0) is 25.8 Å². The van der Waals surface area contributed by atoms with Crippen molar-refractivity contribution in [1.29, 1.82) is 0 Å². The quantitative estimate of drug-likeness (QED) is 0.884. The van der Waals surface area contributed by atoms with Gasteiger partial charge in [0.1, 0.15) is 12.1 Å². The summed E-state index contributed by atoms with van der Waals surface area (Å²) in [6, 6.07) is 8.62. The minimum Gasteiger partial charge on any atom is -0.366 e. The lowest BCUT2D eigenvalue weighted by Crippen LogP contribution is -2.12. The highest BCUT2D eigenvalue weighted by Gasteiger charge is 2.14. The molecule has 3 rings (SSSR count). The van der Waals surface area contributed by atoms with Crippen LogP contribution >= 0.6 is 0 Å². The molecule has 1 aliphatic rings. The fourth-order valence-electron chi connectivity index (χ4n) is 2.85. The number of hydrogen-bond donors (Lipinski definition) is 2. The molecular formula is C17H22N4. The first-order chi connectivity index (χ1) is 10.4. The summed E-state index contributed by atoms with van der Waals surface area (Å²) in [5.74, 6) is 1.01. The summed E-state index contributed by atoms with van der Waals surface area (Å²) in [7, 11) is 0. The molecular weight excluding hydrogens is 260 g/mol. The van der Waals surface area contributed by atoms with E-state index in [-0.39, 0.29) is 0 Å². The van der Waals surface area contributed by atoms with Crippen molar-refractivity contribution in [2.75, 3.05) is 11.9 Å². The Bertz CT molecular complexity index is 592. The maximum atomic E-state index is 5.57. The Morgan fingerprint density at radius 1 is 1.00 bits per heavy atom. The third-order valence-electron chi connectivity index (χ3n) is 4.04. The lowest BCUT2D eigenvalue weighted by molar-refractivity contribution is 0.663. The number of nitrogens with one attached hydrogen (secondary N) is 1. The van der Waals surface area contributed by atoms with Gasteiger partial charge < -0.3 is 11.1 Å². The molecule has 2 aromatic rings. The average Bonchev–Trinajstić information content (AvgIpc) is 2.54. The molecule has 0 amide bonds. The van der Waals surface area contributed by atoms with Crippen molar-refractivity contribution in [2.45, 2.75) is 38.6 Å². The van der Waals surface area contributed by atoms with Gasteiger partial charge in [0.2, 0.25) is 0 Å². The second-order valence-electron chi connectivity index (χ2n) is 5.56. The molecule has 1 heterocycles. The smallest absolute Gasteiger partial charge is 0.133 e. The van der Waals surface area contributed by atoms with Gasteiger partial charge in [0, 0.05) is 17.8 Å². The lowest BCUT2D eigenvalue weighted by atomic mass is 9.96. The molecule has 110 valence electrons. The predicted molar refractivity (Wildman–Crippen MR) is 85.2 cm³/mol. The molecule has 4 nitrogen and oxygen atoms in total. The van der Waals surface area contributed by atoms with E-state index in [1.165, 1.54) is 35.2 Å². The first-order valence-electron chi connectivity index (χ1n) is 7.71. The third-order valence-corrected chi connectivity index (χ3v) is 4.04. The number of benzene rings is 1. The summed E-state index contributed by atoms with van der Waals surface area (Å²) >= 11 is 0. The van der Waals surface area contributed by atoms with Crippen molar-refractivity contribution in [3.63, 3.8) is 0 Å². The number of fused-ring (bicyclic) bond motifs is 1. The summed E-state index contributed by atoms with van der Waals surface area (Å²) in [5.41, 5.74) is 10.7. The largest absolute Gasteiger partial charge is 0.366 e. The molecule has 0 bridgehead atoms. The van der Waals surface area contributed by atoms with E-state index >= 15 is 0 Å². The molecule has 0 saturated carbocycles. The third kappa shape index (κ3) is 3.39. The highest BCUT2D eigenvalue weighted by atomic mass is 15.0. The summed E-state index contributed by atoms with van der Waals surface area (Å²) in [6.07, 6.45) is 7.27. The summed E-state index contributed by atoms with van der Waals surface area (Å²) in [5, 5.41) is 3.46. The van der Waals surface area contributed by atoms with Crippen LogP contribution in [0, 0.1) is 0 Å². The van der Waals surface area contributed by atoms with Gasteiger partial charge in [-0.15, -0.1) is 0 Å². The zero-order valence-corrected chi connectivity index (χ0v) is 12.3. The number of nitrogens with zero attached hydrogens (tertiary/aromatic N) is 2. The van der Waals surface area contributed by atoms with Crippen LogP contribution in [0.1, 0.15) is 35.2 Å². The van der Waals surface area contributed by atoms with Crippen molar-refractivity contribution >= 4 is 5.82 Å². The summed E-state index contributed by atoms with van der Waals surface area (Å²) in [4.78, 5) is 8.82. The molecule has 0 saturated heterocycles. The predicted octanol–water partition coefficient (Wildman–Crippen LogP) is 2.47. The van der Waals surface area contributed by atoms with E-state index in [9.17, 15) is 0 Å². The number of hydrogen-bond acceptors (Lipinski definition) is 4. The zero-order valence-electron chi connectivity index (χ0n) is 12.3. The van der Waals surface area contributed by atoms with Crippen LogP contribution in [0.4, 0.5) is 5.82 Å². The maximum Gasteiger partial charge on any atom is 0.133 e. The Balaban J connectivity index is 1.67. The van der Waals surface area contributed by atoms with Crippen LogP contribution < -0.4 is 11.1 Å². The van der Waals surface area contributed by atoms with E-state index in [1.807, 2.05) is 0 Å². The van der Waals surface area contributed by atoms with Crippen LogP contribution in [0.2, 0.25) is 0 Å². The SMILES string of the molecule is NCCc1ccc(CNc2ncnc3c2CCCC3)cc1. The van der Waals surface area contributed by atoms with Crippen LogP contribution in [0.3, 0.4) is 0 Å². The second-order valence-corrected chi connectivity index (χ2v) is 5.56. The van der Waals surface area contributed by atoms with E-state index < -0.39 is 0 Å². The number of rotatable bonds is 5. The molecule has 21 heavy (non-hydrogen) atoms. The number of aromatic nitrogens is 2. The van der Waals surface area contributed by atoms with Gasteiger partial charge in [0.25, 0.3) is 0 Å². The fourth-order valence-corrected chi connectivity index (χ4v) is 2.85. The molecule has 1 aromatic carbocycles. The molecule has 0 spiro atoms. The highest BCUT2D eigenvalue weighted by molar-refractivity contribution is 5.47. The van der Waals surface area contributed by atoms with Crippen molar-refractivity contribution in [3.05, 3.63) is 53.0 Å². The van der Waals surface area contributed by atoms with Crippen LogP contribution in [0.25, 0.3) is 0 Å². The molecule has 0 aliphatic heterocycles. The van der Waals surface area contributed by atoms with E-state index in [2.05, 4.69) is 39.6 Å². The van der Waals surface area contributed by atoms with Gasteiger partial charge in [-0.25, -0.2) is 9.97 Å². The van der Waals surface area contributed by atoms with Crippen molar-refractivity contribution in [1.82, 2.24) is 9.97 Å². The van der Waals surface area contributed by atoms with Crippen LogP contribution in [-0.4, -0.2) is 16.5 Å². The number of anilines is 1. The van der Waals surface area contributed by atoms with Gasteiger partial charge in [0.05, 0.1) is 0 Å². The average molecular weight is 282 g/mol. The lowest BCUT2D eigenvalue weighted by Gasteiger charge is -2.18. The Morgan fingerprint density at radius 3 is 2.57 bits per heavy atom. The minimum atomic E-state index is 0.699. The highest BCUT2D eigenvalue weighted by Crippen LogP contribution is 2.24. The summed E-state index contributed by atoms with van der Waals surface area (Å²) in [6.45, 7) is 1.50. The number of nitrogens with two attached hydrogens (primary N) is 1. The summed E-state index contributed by atoms with van der Waals surface area (Å²) < 4.78 is 0. The molecule has 0 unspecified atom stereocenters. The molecule has 0 fully saturated rings. The van der Waals surface area contributed by atoms with Gasteiger partial charge in [-0.05, 0) is 49.8 Å². The molecule has 1 aromatic heterocycles. The Morgan fingerprint density at radius 2 is 1.76 bits per heavy atom. The fraction of sp³-hybridized carbons (Fsp3) is 0.412. The molecule has 0 radical (unpaired) electrons. The van der Waals surface area contributed by atoms with Gasteiger partial charge >= 0.3 is 0 Å². The number of aryl methyl sites for hydroxylation is 1. The van der Waals surface area contributed by atoms with Gasteiger partial charge in [-0.2, -0.15) is 0 Å². The topological polar surface area (TPSA) is 63.8 Å². The van der Waals surface area contributed by atoms with E-state index in [1.54, 1.807) is 6.33 Å². The second kappa shape index (κ2) is 6.68. The monoisotopic (exact) mass is 282 g/mol. The molecule has 4 heteroatoms. The Labute approximate surface area is 125 Å². The Kier molecular flexibility index (Phi) is 4.46. The Hall–Kier alpha value is -1.94. The van der Waals surface area contributed by atoms with E-state index in [0.29, 0.717) is 6.54 Å². The van der Waals surface area contributed by atoms with Gasteiger partial charge in [-0.3, -0.25) is 0 Å². The van der Waals surface area contributed by atoms with Crippen molar-refractivity contribution in [3.8, 4) is 0 Å². The van der Waals surface area contributed by atoms with Crippen molar-refractivity contribution < 1.29 is 0 Å². The van der Waals surface area contributed by atoms with E-state index in [4.69, 9.17) is 5.73 Å². The van der Waals surface area contributed by atoms with Gasteiger partial charge in [-0.1, -0.05) is 24.3 Å². The minimum absolute atomic E-state index is 0.699. The van der Waals surface area contributed by atoms with Crippen LogP contribution in [0.5, 0.6) is 0 Å². The maximum absolute atomic E-state index is 5.57. The van der Waals surface area contributed by atoms with Crippen LogP contribution in [0.15, 0.2) is 30.6 Å². The molecule has 3 N–H and O–H groups in total. The standard InChI is InChI=1S/C17H22N4/c18-10-9-13-5-7-14(8-6-13)11-19-17-15-3-1-2-4-16(15)20-12-21-17/h5-8,12H,1-4,9-11,18H2,(H,19,20,21). The zero-order chi connectivity index (χ0) is 14.5. The van der Waals surface area contributed by atoms with Crippen molar-refractivity contribution in [2.24, 2.45) is 5.73 Å². The normalized spacial score (nSPS) is 13.8. The first kappa shape index (κ1) is 14.0.